The van der Waals surface area contributed by atoms with E-state index in [0.717, 1.165) is 6.07 Å². The van der Waals surface area contributed by atoms with Crippen LogP contribution in [-0.4, -0.2) is 26.8 Å². The number of anilines is 2. The van der Waals surface area contributed by atoms with E-state index >= 15 is 0 Å². The number of aromatic nitrogens is 3. The van der Waals surface area contributed by atoms with Crippen LogP contribution >= 0.6 is 11.9 Å². The number of carbonyl (C=O) groups excluding carboxylic acids is 1. The van der Waals surface area contributed by atoms with Crippen LogP contribution in [0.1, 0.15) is 21.6 Å². The highest BCUT2D eigenvalue weighted by molar-refractivity contribution is 7.99. The molecular weight excluding hydrogens is 503 g/mol. The Morgan fingerprint density at radius 3 is 2.68 bits per heavy atom. The van der Waals surface area contributed by atoms with Gasteiger partial charge in [-0.05, 0) is 55.0 Å². The third-order valence-corrected chi connectivity index (χ3v) is 6.18. The molecule has 0 spiro atoms. The Hall–Kier alpha value is -4.38. The molecule has 0 amide bonds. The molecule has 188 valence electrons. The number of ketones is 1. The third kappa shape index (κ3) is 4.49. The summed E-state index contributed by atoms with van der Waals surface area (Å²) in [5, 5.41) is 4.93. The van der Waals surface area contributed by atoms with Crippen LogP contribution in [0.4, 0.5) is 24.7 Å². The van der Waals surface area contributed by atoms with E-state index in [-0.39, 0.29) is 28.6 Å². The first-order valence-corrected chi connectivity index (χ1v) is 12.2. The molecule has 0 aliphatic carbocycles. The van der Waals surface area contributed by atoms with Gasteiger partial charge in [0.05, 0.1) is 28.8 Å². The number of hydrogen-bond acceptors (Lipinski definition) is 6. The molecule has 0 saturated heterocycles. The summed E-state index contributed by atoms with van der Waals surface area (Å²) >= 11 is 1.26. The minimum atomic E-state index is -1.08. The number of aryl methyl sites for hydroxylation is 1. The molecular formula is C26H20F3N5O2S. The van der Waals surface area contributed by atoms with Crippen LogP contribution < -0.4 is 15.2 Å². The first-order valence-electron chi connectivity index (χ1n) is 11.0. The van der Waals surface area contributed by atoms with Crippen molar-refractivity contribution in [2.75, 3.05) is 16.7 Å². The number of hydrogen-bond donors (Lipinski definition) is 3. The maximum atomic E-state index is 14.3. The van der Waals surface area contributed by atoms with Crippen molar-refractivity contribution in [1.29, 1.82) is 0 Å². The van der Waals surface area contributed by atoms with Gasteiger partial charge >= 0.3 is 0 Å². The summed E-state index contributed by atoms with van der Waals surface area (Å²) in [5.41, 5.74) is 8.71. The predicted octanol–water partition coefficient (Wildman–Crippen LogP) is 6.37. The number of nitrogens with one attached hydrogen (secondary N) is 2. The quantitative estimate of drug-likeness (QED) is 0.169. The molecule has 0 aliphatic rings. The van der Waals surface area contributed by atoms with E-state index < -0.39 is 23.2 Å². The molecule has 0 radical (unpaired) electrons. The van der Waals surface area contributed by atoms with Crippen LogP contribution in [0.25, 0.3) is 16.6 Å². The molecule has 37 heavy (non-hydrogen) atoms. The lowest BCUT2D eigenvalue weighted by molar-refractivity contribution is 0.103. The fourth-order valence-electron chi connectivity index (χ4n) is 3.95. The summed E-state index contributed by atoms with van der Waals surface area (Å²) in [5.74, 6) is -2.80. The molecule has 4 N–H and O–H groups in total. The smallest absolute Gasteiger partial charge is 0.214 e. The van der Waals surface area contributed by atoms with E-state index in [9.17, 15) is 18.0 Å². The number of nitrogen functional groups attached to an aromatic ring is 1. The number of ether oxygens (including phenoxy) is 1. The van der Waals surface area contributed by atoms with Crippen molar-refractivity contribution < 1.29 is 22.7 Å². The van der Waals surface area contributed by atoms with Crippen molar-refractivity contribution in [3.05, 3.63) is 95.1 Å². The van der Waals surface area contributed by atoms with Gasteiger partial charge in [-0.2, -0.15) is 9.49 Å². The zero-order valence-electron chi connectivity index (χ0n) is 19.6. The van der Waals surface area contributed by atoms with Crippen molar-refractivity contribution in [3.8, 4) is 17.2 Å². The Labute approximate surface area is 213 Å². The lowest BCUT2D eigenvalue weighted by atomic mass is 10.1. The molecule has 7 nitrogen and oxygen atoms in total. The van der Waals surface area contributed by atoms with Crippen molar-refractivity contribution in [2.45, 2.75) is 6.92 Å². The number of rotatable bonds is 7. The Morgan fingerprint density at radius 1 is 1.11 bits per heavy atom. The molecule has 0 bridgehead atoms. The fourth-order valence-corrected chi connectivity index (χ4v) is 4.33. The first-order chi connectivity index (χ1) is 17.8. The minimum Gasteiger partial charge on any atom is -0.454 e. The Kier molecular flexibility index (Phi) is 6.30. The van der Waals surface area contributed by atoms with E-state index in [2.05, 4.69) is 14.8 Å². The third-order valence-electron chi connectivity index (χ3n) is 5.76. The van der Waals surface area contributed by atoms with Crippen molar-refractivity contribution in [2.24, 2.45) is 0 Å². The van der Waals surface area contributed by atoms with Gasteiger partial charge in [-0.15, -0.1) is 0 Å². The topological polar surface area (TPSA) is 98.0 Å². The number of benzene rings is 3. The van der Waals surface area contributed by atoms with Crippen LogP contribution in [0.15, 0.2) is 60.8 Å². The molecule has 2 heterocycles. The maximum Gasteiger partial charge on any atom is 0.214 e. The second-order valence-electron chi connectivity index (χ2n) is 8.20. The van der Waals surface area contributed by atoms with Gasteiger partial charge in [0.2, 0.25) is 11.6 Å². The highest BCUT2D eigenvalue weighted by atomic mass is 32.2. The number of nitrogens with zero attached hydrogens (tertiary/aromatic N) is 2. The SMILES string of the molecule is CSNc1cc2cc(C(=O)c3cnn(-c4ccc(Oc5cccc(F)c5F)cc4C)c3N)[nH]c2cc1F. The number of H-pyrrole nitrogens is 1. The Balaban J connectivity index is 1.43. The van der Waals surface area contributed by atoms with Gasteiger partial charge in [-0.25, -0.2) is 13.5 Å². The van der Waals surface area contributed by atoms with Gasteiger partial charge in [-0.3, -0.25) is 4.79 Å². The largest absolute Gasteiger partial charge is 0.454 e. The first kappa shape index (κ1) is 24.3. The summed E-state index contributed by atoms with van der Waals surface area (Å²) in [7, 11) is 0. The second-order valence-corrected chi connectivity index (χ2v) is 8.81. The molecule has 2 aromatic heterocycles. The monoisotopic (exact) mass is 523 g/mol. The standard InChI is InChI=1S/C26H20F3N5O2S/c1-13-8-15(36-23-5-3-4-17(27)24(23)29)6-7-22(13)34-26(30)16(12-31-34)25(35)21-10-14-9-20(33-37-2)18(28)11-19(14)32-21/h3-12,32-33H,30H2,1-2H3. The summed E-state index contributed by atoms with van der Waals surface area (Å²) in [6.45, 7) is 1.76. The summed E-state index contributed by atoms with van der Waals surface area (Å²) in [6, 6.07) is 13.1. The van der Waals surface area contributed by atoms with Crippen LogP contribution in [0.2, 0.25) is 0 Å². The molecule has 5 aromatic rings. The number of halogens is 3. The minimum absolute atomic E-state index is 0.104. The predicted molar refractivity (Wildman–Crippen MR) is 138 cm³/mol. The van der Waals surface area contributed by atoms with E-state index in [1.54, 1.807) is 43.5 Å². The normalized spacial score (nSPS) is 11.2. The van der Waals surface area contributed by atoms with Gasteiger partial charge in [0.25, 0.3) is 0 Å². The van der Waals surface area contributed by atoms with Crippen LogP contribution in [-0.2, 0) is 0 Å². The van der Waals surface area contributed by atoms with Crippen LogP contribution in [0.3, 0.4) is 0 Å². The number of aromatic amines is 1. The number of fused-ring (bicyclic) bond motifs is 1. The average Bonchev–Trinajstić information content (AvgIpc) is 3.45. The van der Waals surface area contributed by atoms with E-state index in [1.807, 2.05) is 0 Å². The zero-order valence-corrected chi connectivity index (χ0v) is 20.4. The molecule has 0 atom stereocenters. The van der Waals surface area contributed by atoms with Crippen LogP contribution in [0, 0.1) is 24.4 Å². The molecule has 0 fully saturated rings. The lowest BCUT2D eigenvalue weighted by Crippen LogP contribution is -2.08. The van der Waals surface area contributed by atoms with Gasteiger partial charge < -0.3 is 20.2 Å². The van der Waals surface area contributed by atoms with Crippen molar-refractivity contribution >= 4 is 40.1 Å². The number of carbonyl (C=O) groups is 1. The molecule has 0 aliphatic heterocycles. The van der Waals surface area contributed by atoms with Crippen molar-refractivity contribution in [3.63, 3.8) is 0 Å². The summed E-state index contributed by atoms with van der Waals surface area (Å²) in [6.07, 6.45) is 3.14. The molecule has 0 saturated carbocycles. The fraction of sp³-hybridized carbons (Fsp3) is 0.0769. The average molecular weight is 524 g/mol. The van der Waals surface area contributed by atoms with E-state index in [4.69, 9.17) is 10.5 Å². The van der Waals surface area contributed by atoms with Crippen molar-refractivity contribution in [1.82, 2.24) is 14.8 Å². The molecule has 11 heteroatoms. The maximum absolute atomic E-state index is 14.3. The summed E-state index contributed by atoms with van der Waals surface area (Å²) < 4.78 is 51.4. The van der Waals surface area contributed by atoms with E-state index in [1.165, 1.54) is 41.0 Å². The Morgan fingerprint density at radius 2 is 1.92 bits per heavy atom. The van der Waals surface area contributed by atoms with Crippen LogP contribution in [0.5, 0.6) is 11.5 Å². The zero-order chi connectivity index (χ0) is 26.3. The van der Waals surface area contributed by atoms with Gasteiger partial charge in [0.1, 0.15) is 17.4 Å². The lowest BCUT2D eigenvalue weighted by Gasteiger charge is -2.12. The highest BCUT2D eigenvalue weighted by Gasteiger charge is 2.21. The summed E-state index contributed by atoms with van der Waals surface area (Å²) in [4.78, 5) is 16.2. The highest BCUT2D eigenvalue weighted by Crippen LogP contribution is 2.31. The van der Waals surface area contributed by atoms with Gasteiger partial charge in [0, 0.05) is 23.2 Å². The molecule has 3 aromatic carbocycles. The Bertz CT molecular complexity index is 1660. The van der Waals surface area contributed by atoms with E-state index in [0.29, 0.717) is 27.8 Å². The molecule has 5 rings (SSSR count). The number of nitrogens with two attached hydrogens (primary N) is 1. The molecule has 0 unspecified atom stereocenters. The van der Waals surface area contributed by atoms with Gasteiger partial charge in [0.15, 0.2) is 11.6 Å². The second kappa shape index (κ2) is 9.58. The van der Waals surface area contributed by atoms with Gasteiger partial charge in [-0.1, -0.05) is 18.0 Å².